The van der Waals surface area contributed by atoms with Gasteiger partial charge >= 0.3 is 5.63 Å². The highest BCUT2D eigenvalue weighted by Gasteiger charge is 2.08. The highest BCUT2D eigenvalue weighted by atomic mass is 16.5. The number of aryl methyl sites for hydroxylation is 1. The summed E-state index contributed by atoms with van der Waals surface area (Å²) >= 11 is 0. The van der Waals surface area contributed by atoms with Crippen molar-refractivity contribution in [1.82, 2.24) is 4.98 Å². The lowest BCUT2D eigenvalue weighted by molar-refractivity contribution is -0.116. The predicted molar refractivity (Wildman–Crippen MR) is 99.6 cm³/mol. The van der Waals surface area contributed by atoms with Crippen LogP contribution in [0.4, 0.5) is 5.69 Å². The molecule has 2 heterocycles. The van der Waals surface area contributed by atoms with Gasteiger partial charge in [-0.05, 0) is 36.6 Å². The van der Waals surface area contributed by atoms with E-state index < -0.39 is 5.63 Å². The number of pyridine rings is 1. The molecule has 0 bridgehead atoms. The van der Waals surface area contributed by atoms with E-state index in [-0.39, 0.29) is 5.91 Å². The molecule has 134 valence electrons. The summed E-state index contributed by atoms with van der Waals surface area (Å²) in [5, 5.41) is 3.65. The largest absolute Gasteiger partial charge is 0.439 e. The molecule has 1 N–H and O–H groups in total. The third-order valence-corrected chi connectivity index (χ3v) is 3.76. The van der Waals surface area contributed by atoms with Crippen molar-refractivity contribution < 1.29 is 13.9 Å². The third-order valence-electron chi connectivity index (χ3n) is 3.76. The smallest absolute Gasteiger partial charge is 0.336 e. The second-order valence-corrected chi connectivity index (χ2v) is 6.54. The van der Waals surface area contributed by atoms with Crippen LogP contribution in [0.15, 0.2) is 51.8 Å². The Kier molecular flexibility index (Phi) is 5.02. The molecule has 0 aliphatic heterocycles. The minimum absolute atomic E-state index is 0.0459. The third kappa shape index (κ3) is 4.27. The van der Waals surface area contributed by atoms with Crippen LogP contribution in [0.25, 0.3) is 11.0 Å². The Morgan fingerprint density at radius 3 is 2.73 bits per heavy atom. The number of amides is 1. The van der Waals surface area contributed by atoms with Crippen molar-refractivity contribution in [3.8, 4) is 11.6 Å². The van der Waals surface area contributed by atoms with E-state index in [0.717, 1.165) is 10.9 Å². The molecule has 2 aromatic heterocycles. The maximum atomic E-state index is 11.8. The summed E-state index contributed by atoms with van der Waals surface area (Å²) in [6, 6.07) is 10.1. The van der Waals surface area contributed by atoms with Gasteiger partial charge in [0.15, 0.2) is 0 Å². The first-order valence-electron chi connectivity index (χ1n) is 8.39. The van der Waals surface area contributed by atoms with Crippen molar-refractivity contribution in [2.75, 3.05) is 5.32 Å². The maximum absolute atomic E-state index is 11.8. The van der Waals surface area contributed by atoms with Gasteiger partial charge in [-0.3, -0.25) is 4.79 Å². The number of fused-ring (bicyclic) bond motifs is 1. The van der Waals surface area contributed by atoms with E-state index in [1.165, 1.54) is 6.07 Å². The summed E-state index contributed by atoms with van der Waals surface area (Å²) in [6.45, 7) is 5.83. The Bertz CT molecular complexity index is 991. The molecule has 0 radical (unpaired) electrons. The fraction of sp³-hybridized carbons (Fsp3) is 0.250. The topological polar surface area (TPSA) is 81.4 Å². The number of hydrogen-bond donors (Lipinski definition) is 1. The van der Waals surface area contributed by atoms with Crippen LogP contribution in [0.1, 0.15) is 25.8 Å². The SMILES string of the molecule is Cc1cc(=O)oc2cc(Oc3ccc(NC(=O)CC(C)C)cn3)ccc12. The molecule has 0 fully saturated rings. The van der Waals surface area contributed by atoms with Crippen LogP contribution < -0.4 is 15.7 Å². The molecule has 0 aliphatic rings. The Morgan fingerprint density at radius 1 is 1.23 bits per heavy atom. The lowest BCUT2D eigenvalue weighted by Crippen LogP contribution is -2.13. The van der Waals surface area contributed by atoms with Crippen LogP contribution in [0.5, 0.6) is 11.6 Å². The molecular weight excluding hydrogens is 332 g/mol. The number of carbonyl (C=O) groups is 1. The van der Waals surface area contributed by atoms with Gasteiger partial charge in [-0.15, -0.1) is 0 Å². The molecule has 0 atom stereocenters. The minimum atomic E-state index is -0.397. The molecule has 3 rings (SSSR count). The molecule has 0 aliphatic carbocycles. The number of aromatic nitrogens is 1. The summed E-state index contributed by atoms with van der Waals surface area (Å²) in [6.07, 6.45) is 2.00. The van der Waals surface area contributed by atoms with Crippen LogP contribution in [0, 0.1) is 12.8 Å². The molecule has 1 amide bonds. The number of anilines is 1. The lowest BCUT2D eigenvalue weighted by Gasteiger charge is -2.09. The molecule has 26 heavy (non-hydrogen) atoms. The average molecular weight is 352 g/mol. The normalized spacial score (nSPS) is 10.9. The molecule has 0 saturated carbocycles. The Labute approximate surface area is 150 Å². The van der Waals surface area contributed by atoms with Gasteiger partial charge in [0, 0.05) is 30.0 Å². The van der Waals surface area contributed by atoms with Gasteiger partial charge in [0.05, 0.1) is 11.9 Å². The van der Waals surface area contributed by atoms with Crippen molar-refractivity contribution in [3.63, 3.8) is 0 Å². The number of carbonyl (C=O) groups excluding carboxylic acids is 1. The average Bonchev–Trinajstić information content (AvgIpc) is 2.55. The summed E-state index contributed by atoms with van der Waals surface area (Å²) in [4.78, 5) is 27.5. The van der Waals surface area contributed by atoms with E-state index in [2.05, 4.69) is 10.3 Å². The number of rotatable bonds is 5. The van der Waals surface area contributed by atoms with Gasteiger partial charge in [0.1, 0.15) is 11.3 Å². The first-order valence-corrected chi connectivity index (χ1v) is 8.39. The highest BCUT2D eigenvalue weighted by molar-refractivity contribution is 5.90. The van der Waals surface area contributed by atoms with E-state index in [0.29, 0.717) is 35.2 Å². The van der Waals surface area contributed by atoms with Crippen molar-refractivity contribution in [2.45, 2.75) is 27.2 Å². The molecular formula is C20H20N2O4. The molecule has 0 spiro atoms. The molecule has 3 aromatic rings. The number of nitrogens with zero attached hydrogens (tertiary/aromatic N) is 1. The van der Waals surface area contributed by atoms with E-state index in [1.807, 2.05) is 26.8 Å². The van der Waals surface area contributed by atoms with Crippen LogP contribution in [0.3, 0.4) is 0 Å². The van der Waals surface area contributed by atoms with Crippen molar-refractivity contribution in [2.24, 2.45) is 5.92 Å². The van der Waals surface area contributed by atoms with E-state index in [9.17, 15) is 9.59 Å². The maximum Gasteiger partial charge on any atom is 0.336 e. The summed E-state index contributed by atoms with van der Waals surface area (Å²) in [5.74, 6) is 1.13. The zero-order valence-electron chi connectivity index (χ0n) is 14.9. The second-order valence-electron chi connectivity index (χ2n) is 6.54. The Morgan fingerprint density at radius 2 is 2.04 bits per heavy atom. The van der Waals surface area contributed by atoms with E-state index in [4.69, 9.17) is 9.15 Å². The molecule has 0 saturated heterocycles. The fourth-order valence-corrected chi connectivity index (χ4v) is 2.59. The Balaban J connectivity index is 1.74. The summed E-state index contributed by atoms with van der Waals surface area (Å²) in [5.41, 5.74) is 1.53. The fourth-order valence-electron chi connectivity index (χ4n) is 2.59. The van der Waals surface area contributed by atoms with Crippen molar-refractivity contribution in [1.29, 1.82) is 0 Å². The zero-order chi connectivity index (χ0) is 18.7. The number of benzene rings is 1. The lowest BCUT2D eigenvalue weighted by atomic mass is 10.1. The zero-order valence-corrected chi connectivity index (χ0v) is 14.9. The van der Waals surface area contributed by atoms with Gasteiger partial charge in [-0.2, -0.15) is 0 Å². The molecule has 1 aromatic carbocycles. The van der Waals surface area contributed by atoms with E-state index >= 15 is 0 Å². The van der Waals surface area contributed by atoms with Crippen molar-refractivity contribution >= 4 is 22.6 Å². The number of hydrogen-bond acceptors (Lipinski definition) is 5. The number of nitrogens with one attached hydrogen (secondary N) is 1. The monoisotopic (exact) mass is 352 g/mol. The standard InChI is InChI=1S/C20H20N2O4/c1-12(2)8-18(23)22-14-4-7-19(21-11-14)25-15-5-6-16-13(3)9-20(24)26-17(16)10-15/h4-7,9-12H,8H2,1-3H3,(H,22,23). The highest BCUT2D eigenvalue weighted by Crippen LogP contribution is 2.26. The van der Waals surface area contributed by atoms with Gasteiger partial charge in [0.25, 0.3) is 0 Å². The Hall–Kier alpha value is -3.15. The predicted octanol–water partition coefficient (Wildman–Crippen LogP) is 4.27. The van der Waals surface area contributed by atoms with Crippen LogP contribution in [0.2, 0.25) is 0 Å². The van der Waals surface area contributed by atoms with Gasteiger partial charge in [-0.25, -0.2) is 9.78 Å². The molecule has 6 nitrogen and oxygen atoms in total. The second kappa shape index (κ2) is 7.39. The quantitative estimate of drug-likeness (QED) is 0.693. The number of ether oxygens (including phenoxy) is 1. The first kappa shape index (κ1) is 17.7. The summed E-state index contributed by atoms with van der Waals surface area (Å²) in [7, 11) is 0. The van der Waals surface area contributed by atoms with Crippen LogP contribution in [-0.4, -0.2) is 10.9 Å². The van der Waals surface area contributed by atoms with Crippen LogP contribution in [-0.2, 0) is 4.79 Å². The molecule has 6 heteroatoms. The summed E-state index contributed by atoms with van der Waals surface area (Å²) < 4.78 is 10.9. The first-order chi connectivity index (χ1) is 12.4. The molecule has 0 unspecified atom stereocenters. The van der Waals surface area contributed by atoms with Gasteiger partial charge < -0.3 is 14.5 Å². The van der Waals surface area contributed by atoms with E-state index in [1.54, 1.807) is 30.5 Å². The van der Waals surface area contributed by atoms with Crippen LogP contribution >= 0.6 is 0 Å². The minimum Gasteiger partial charge on any atom is -0.439 e. The van der Waals surface area contributed by atoms with Crippen molar-refractivity contribution in [3.05, 3.63) is 58.6 Å². The van der Waals surface area contributed by atoms with Gasteiger partial charge in [0.2, 0.25) is 11.8 Å². The van der Waals surface area contributed by atoms with Gasteiger partial charge in [-0.1, -0.05) is 13.8 Å².